The maximum atomic E-state index is 12.1. The Balaban J connectivity index is 2.60. The Morgan fingerprint density at radius 1 is 1.35 bits per heavy atom. The summed E-state index contributed by atoms with van der Waals surface area (Å²) in [6.45, 7) is 5.90. The summed E-state index contributed by atoms with van der Waals surface area (Å²) in [6, 6.07) is -0.565. The number of esters is 1. The van der Waals surface area contributed by atoms with Crippen LogP contribution in [0.5, 0.6) is 0 Å². The van der Waals surface area contributed by atoms with Gasteiger partial charge in [0.1, 0.15) is 6.04 Å². The van der Waals surface area contributed by atoms with E-state index in [2.05, 4.69) is 23.9 Å². The van der Waals surface area contributed by atoms with E-state index in [0.29, 0.717) is 0 Å². The van der Waals surface area contributed by atoms with E-state index in [1.165, 1.54) is 13.5 Å². The molecule has 0 aromatic rings. The van der Waals surface area contributed by atoms with Crippen molar-refractivity contribution in [3.63, 3.8) is 0 Å². The van der Waals surface area contributed by atoms with Gasteiger partial charge < -0.3 is 10.1 Å². The van der Waals surface area contributed by atoms with Crippen molar-refractivity contribution in [1.29, 1.82) is 0 Å². The van der Waals surface area contributed by atoms with Crippen LogP contribution in [0.4, 0.5) is 0 Å². The zero-order chi connectivity index (χ0) is 13.1. The van der Waals surface area contributed by atoms with Crippen molar-refractivity contribution in [2.24, 2.45) is 11.3 Å². The molecule has 1 amide bonds. The van der Waals surface area contributed by atoms with Crippen LogP contribution in [0.25, 0.3) is 0 Å². The van der Waals surface area contributed by atoms with E-state index < -0.39 is 12.0 Å². The Hall–Kier alpha value is -1.06. The average Bonchev–Trinajstić information content (AvgIpc) is 2.26. The molecule has 17 heavy (non-hydrogen) atoms. The van der Waals surface area contributed by atoms with Gasteiger partial charge in [-0.2, -0.15) is 0 Å². The van der Waals surface area contributed by atoms with Crippen LogP contribution in [0.15, 0.2) is 0 Å². The first-order valence-corrected chi connectivity index (χ1v) is 6.26. The molecule has 0 aromatic carbocycles. The number of carbonyl (C=O) groups is 2. The SMILES string of the molecule is COC(=O)C(C)NC(=O)C1CCCCC1(C)C. The van der Waals surface area contributed by atoms with Gasteiger partial charge in [0, 0.05) is 5.92 Å². The summed E-state index contributed by atoms with van der Waals surface area (Å²) in [6.07, 6.45) is 4.25. The van der Waals surface area contributed by atoms with Gasteiger partial charge >= 0.3 is 5.97 Å². The van der Waals surface area contributed by atoms with Crippen LogP contribution in [0, 0.1) is 11.3 Å². The summed E-state index contributed by atoms with van der Waals surface area (Å²) in [5.41, 5.74) is 0.0260. The highest BCUT2D eigenvalue weighted by Crippen LogP contribution is 2.40. The van der Waals surface area contributed by atoms with E-state index in [4.69, 9.17) is 0 Å². The molecular weight excluding hydrogens is 218 g/mol. The zero-order valence-corrected chi connectivity index (χ0v) is 11.2. The predicted molar refractivity (Wildman–Crippen MR) is 65.4 cm³/mol. The average molecular weight is 241 g/mol. The van der Waals surface area contributed by atoms with E-state index in [1.807, 2.05) is 0 Å². The zero-order valence-electron chi connectivity index (χ0n) is 11.2. The first kappa shape index (κ1) is 14.0. The molecule has 0 bridgehead atoms. The van der Waals surface area contributed by atoms with Crippen LogP contribution < -0.4 is 5.32 Å². The molecule has 1 saturated carbocycles. The van der Waals surface area contributed by atoms with Crippen LogP contribution in [0.1, 0.15) is 46.5 Å². The highest BCUT2D eigenvalue weighted by Gasteiger charge is 2.37. The Kier molecular flexibility index (Phi) is 4.54. The minimum atomic E-state index is -0.565. The third kappa shape index (κ3) is 3.45. The standard InChI is InChI=1S/C13H23NO3/c1-9(12(16)17-4)14-11(15)10-7-5-6-8-13(10,2)3/h9-10H,5-8H2,1-4H3,(H,14,15). The second-order valence-corrected chi connectivity index (χ2v) is 5.54. The maximum absolute atomic E-state index is 12.1. The van der Waals surface area contributed by atoms with Crippen molar-refractivity contribution in [3.8, 4) is 0 Å². The lowest BCUT2D eigenvalue weighted by atomic mass is 9.68. The van der Waals surface area contributed by atoms with Crippen molar-refractivity contribution in [2.75, 3.05) is 7.11 Å². The van der Waals surface area contributed by atoms with Crippen molar-refractivity contribution >= 4 is 11.9 Å². The number of hydrogen-bond acceptors (Lipinski definition) is 3. The molecule has 2 unspecified atom stereocenters. The summed E-state index contributed by atoms with van der Waals surface area (Å²) in [7, 11) is 1.33. The predicted octanol–water partition coefficient (Wildman–Crippen LogP) is 1.88. The van der Waals surface area contributed by atoms with Gasteiger partial charge in [0.15, 0.2) is 0 Å². The number of amides is 1. The van der Waals surface area contributed by atoms with Crippen LogP contribution in [-0.4, -0.2) is 25.0 Å². The van der Waals surface area contributed by atoms with Gasteiger partial charge in [-0.3, -0.25) is 4.79 Å². The monoisotopic (exact) mass is 241 g/mol. The fraction of sp³-hybridized carbons (Fsp3) is 0.846. The molecule has 4 heteroatoms. The van der Waals surface area contributed by atoms with E-state index in [9.17, 15) is 9.59 Å². The van der Waals surface area contributed by atoms with Crippen molar-refractivity contribution in [2.45, 2.75) is 52.5 Å². The number of carbonyl (C=O) groups excluding carboxylic acids is 2. The van der Waals surface area contributed by atoms with E-state index >= 15 is 0 Å². The van der Waals surface area contributed by atoms with Gasteiger partial charge in [0.05, 0.1) is 7.11 Å². The van der Waals surface area contributed by atoms with E-state index in [1.54, 1.807) is 6.92 Å². The normalized spacial score (nSPS) is 24.8. The molecule has 0 aliphatic heterocycles. The van der Waals surface area contributed by atoms with Crippen LogP contribution in [0.2, 0.25) is 0 Å². The largest absolute Gasteiger partial charge is 0.467 e. The topological polar surface area (TPSA) is 55.4 Å². The maximum Gasteiger partial charge on any atom is 0.328 e. The van der Waals surface area contributed by atoms with Crippen LogP contribution in [0.3, 0.4) is 0 Å². The van der Waals surface area contributed by atoms with Gasteiger partial charge in [-0.15, -0.1) is 0 Å². The van der Waals surface area contributed by atoms with Crippen molar-refractivity contribution < 1.29 is 14.3 Å². The van der Waals surface area contributed by atoms with Gasteiger partial charge in [-0.25, -0.2) is 4.79 Å². The summed E-state index contributed by atoms with van der Waals surface area (Å²) >= 11 is 0. The summed E-state index contributed by atoms with van der Waals surface area (Å²) in [5, 5.41) is 2.74. The lowest BCUT2D eigenvalue weighted by Gasteiger charge is -2.37. The van der Waals surface area contributed by atoms with Gasteiger partial charge in [-0.1, -0.05) is 26.7 Å². The molecule has 0 heterocycles. The first-order valence-electron chi connectivity index (χ1n) is 6.26. The number of ether oxygens (including phenoxy) is 1. The molecule has 2 atom stereocenters. The number of hydrogen-bond donors (Lipinski definition) is 1. The second-order valence-electron chi connectivity index (χ2n) is 5.54. The molecule has 0 radical (unpaired) electrons. The lowest BCUT2D eigenvalue weighted by Crippen LogP contribution is -2.47. The molecule has 1 aliphatic carbocycles. The Morgan fingerprint density at radius 2 is 2.00 bits per heavy atom. The Labute approximate surface area is 103 Å². The molecular formula is C13H23NO3. The van der Waals surface area contributed by atoms with Crippen molar-refractivity contribution in [3.05, 3.63) is 0 Å². The molecule has 0 spiro atoms. The molecule has 1 rings (SSSR count). The minimum absolute atomic E-state index is 0.00311. The molecule has 0 aromatic heterocycles. The number of nitrogens with one attached hydrogen (secondary N) is 1. The van der Waals surface area contributed by atoms with Crippen molar-refractivity contribution in [1.82, 2.24) is 5.32 Å². The smallest absolute Gasteiger partial charge is 0.328 e. The summed E-state index contributed by atoms with van der Waals surface area (Å²) in [5.74, 6) is -0.414. The van der Waals surface area contributed by atoms with Gasteiger partial charge in [0.25, 0.3) is 0 Å². The number of rotatable bonds is 3. The van der Waals surface area contributed by atoms with Gasteiger partial charge in [-0.05, 0) is 25.2 Å². The Morgan fingerprint density at radius 3 is 2.53 bits per heavy atom. The molecule has 1 aliphatic rings. The molecule has 4 nitrogen and oxygen atoms in total. The minimum Gasteiger partial charge on any atom is -0.467 e. The quantitative estimate of drug-likeness (QED) is 0.768. The Bertz CT molecular complexity index is 299. The third-order valence-electron chi connectivity index (χ3n) is 3.74. The van der Waals surface area contributed by atoms with E-state index in [-0.39, 0.29) is 17.2 Å². The third-order valence-corrected chi connectivity index (χ3v) is 3.74. The fourth-order valence-corrected chi connectivity index (χ4v) is 2.53. The van der Waals surface area contributed by atoms with Crippen LogP contribution >= 0.6 is 0 Å². The van der Waals surface area contributed by atoms with Crippen LogP contribution in [-0.2, 0) is 14.3 Å². The highest BCUT2D eigenvalue weighted by molar-refractivity contribution is 5.85. The van der Waals surface area contributed by atoms with E-state index in [0.717, 1.165) is 19.3 Å². The lowest BCUT2D eigenvalue weighted by molar-refractivity contribution is -0.146. The molecule has 0 saturated heterocycles. The molecule has 1 N–H and O–H groups in total. The molecule has 1 fully saturated rings. The first-order chi connectivity index (χ1) is 7.88. The number of methoxy groups -OCH3 is 1. The summed E-state index contributed by atoms with van der Waals surface area (Å²) < 4.78 is 4.60. The van der Waals surface area contributed by atoms with Gasteiger partial charge in [0.2, 0.25) is 5.91 Å². The second kappa shape index (κ2) is 5.52. The highest BCUT2D eigenvalue weighted by atomic mass is 16.5. The molecule has 98 valence electrons. The fourth-order valence-electron chi connectivity index (χ4n) is 2.53. The summed E-state index contributed by atoms with van der Waals surface area (Å²) in [4.78, 5) is 23.4.